The number of alkyl halides is 1. The zero-order valence-electron chi connectivity index (χ0n) is 5.92. The van der Waals surface area contributed by atoms with Gasteiger partial charge in [0.1, 0.15) is 5.75 Å². The molecule has 0 unspecified atom stereocenters. The Bertz CT molecular complexity index is 224. The fraction of sp³-hybridized carbons (Fsp3) is 0.800. The lowest BCUT2D eigenvalue weighted by Gasteiger charge is -1.97. The number of hydrogen-bond acceptors (Lipinski definition) is 3. The van der Waals surface area contributed by atoms with E-state index in [1.165, 1.54) is 0 Å². The molecule has 0 heterocycles. The lowest BCUT2D eigenvalue weighted by atomic mass is 10.6. The van der Waals surface area contributed by atoms with Crippen molar-refractivity contribution in [3.8, 4) is 0 Å². The summed E-state index contributed by atoms with van der Waals surface area (Å²) in [5, 5.41) is 0. The zero-order chi connectivity index (χ0) is 8.91. The van der Waals surface area contributed by atoms with Gasteiger partial charge in [0.2, 0.25) is 5.91 Å². The Morgan fingerprint density at radius 2 is 2.00 bits per heavy atom. The fourth-order valence-corrected chi connectivity index (χ4v) is 2.02. The molecular weight excluding hydrogens is 190 g/mol. The molecule has 0 atom stereocenters. The van der Waals surface area contributed by atoms with Gasteiger partial charge in [-0.3, -0.25) is 4.79 Å². The number of halogens is 1. The zero-order valence-corrected chi connectivity index (χ0v) is 7.49. The van der Waals surface area contributed by atoms with E-state index in [0.29, 0.717) is 6.42 Å². The minimum absolute atomic E-state index is 0.0700. The van der Waals surface area contributed by atoms with Crippen molar-refractivity contribution in [2.75, 3.05) is 17.4 Å². The van der Waals surface area contributed by atoms with Crippen molar-refractivity contribution in [3.63, 3.8) is 0 Å². The molecular formula is C5H10ClNO3S. The first-order valence-electron chi connectivity index (χ1n) is 3.02. The highest BCUT2D eigenvalue weighted by atomic mass is 35.5. The van der Waals surface area contributed by atoms with Crippen LogP contribution in [0.5, 0.6) is 0 Å². The number of primary amides is 1. The third-order valence-electron chi connectivity index (χ3n) is 0.951. The lowest BCUT2D eigenvalue weighted by Crippen LogP contribution is -2.25. The highest BCUT2D eigenvalue weighted by Gasteiger charge is 2.12. The van der Waals surface area contributed by atoms with Crippen molar-refractivity contribution in [2.24, 2.45) is 5.73 Å². The number of sulfone groups is 1. The second kappa shape index (κ2) is 4.56. The second-order valence-electron chi connectivity index (χ2n) is 2.10. The Morgan fingerprint density at radius 1 is 1.45 bits per heavy atom. The molecule has 0 bridgehead atoms. The van der Waals surface area contributed by atoms with Gasteiger partial charge < -0.3 is 5.73 Å². The summed E-state index contributed by atoms with van der Waals surface area (Å²) < 4.78 is 21.7. The van der Waals surface area contributed by atoms with Crippen LogP contribution in [0.1, 0.15) is 6.42 Å². The van der Waals surface area contributed by atoms with Crippen LogP contribution < -0.4 is 5.73 Å². The maximum Gasteiger partial charge on any atom is 0.232 e. The van der Waals surface area contributed by atoms with Crippen LogP contribution in [0.2, 0.25) is 0 Å². The summed E-state index contributed by atoms with van der Waals surface area (Å²) in [7, 11) is -3.30. The van der Waals surface area contributed by atoms with Crippen molar-refractivity contribution >= 4 is 27.3 Å². The topological polar surface area (TPSA) is 77.2 Å². The van der Waals surface area contributed by atoms with Gasteiger partial charge in [-0.1, -0.05) is 0 Å². The molecule has 0 aromatic heterocycles. The number of nitrogens with two attached hydrogens (primary N) is 1. The average molecular weight is 200 g/mol. The molecule has 0 saturated heterocycles. The van der Waals surface area contributed by atoms with Crippen molar-refractivity contribution in [2.45, 2.75) is 6.42 Å². The summed E-state index contributed by atoms with van der Waals surface area (Å²) in [4.78, 5) is 10.2. The highest BCUT2D eigenvalue weighted by Crippen LogP contribution is 1.94. The summed E-state index contributed by atoms with van der Waals surface area (Å²) in [5.41, 5.74) is 4.70. The Kier molecular flexibility index (Phi) is 4.44. The second-order valence-corrected chi connectivity index (χ2v) is 4.66. The van der Waals surface area contributed by atoms with E-state index in [0.717, 1.165) is 0 Å². The van der Waals surface area contributed by atoms with Crippen LogP contribution in [0.4, 0.5) is 0 Å². The first kappa shape index (κ1) is 10.7. The van der Waals surface area contributed by atoms with Crippen molar-refractivity contribution in [1.82, 2.24) is 0 Å². The SMILES string of the molecule is NC(=O)CS(=O)(=O)CCCCl. The molecule has 66 valence electrons. The molecule has 0 saturated carbocycles. The van der Waals surface area contributed by atoms with Gasteiger partial charge in [-0.25, -0.2) is 8.42 Å². The van der Waals surface area contributed by atoms with E-state index in [4.69, 9.17) is 17.3 Å². The first-order valence-corrected chi connectivity index (χ1v) is 5.38. The maximum atomic E-state index is 10.8. The Hall–Kier alpha value is -0.290. The monoisotopic (exact) mass is 199 g/mol. The summed E-state index contributed by atoms with van der Waals surface area (Å²) in [6.07, 6.45) is 0.358. The predicted octanol–water partition coefficient (Wildman–Crippen LogP) is -0.485. The Morgan fingerprint density at radius 3 is 2.36 bits per heavy atom. The summed E-state index contributed by atoms with van der Waals surface area (Å²) in [6.45, 7) is 0. The van der Waals surface area contributed by atoms with Crippen LogP contribution in [0.25, 0.3) is 0 Å². The molecule has 0 aromatic rings. The molecule has 1 amide bonds. The standard InChI is InChI=1S/C5H10ClNO3S/c6-2-1-3-11(9,10)4-5(7)8/h1-4H2,(H2,7,8). The van der Waals surface area contributed by atoms with E-state index in [1.54, 1.807) is 0 Å². The quantitative estimate of drug-likeness (QED) is 0.608. The Labute approximate surface area is 70.6 Å². The van der Waals surface area contributed by atoms with Gasteiger partial charge in [0.25, 0.3) is 0 Å². The predicted molar refractivity (Wildman–Crippen MR) is 43.2 cm³/mol. The van der Waals surface area contributed by atoms with Crippen molar-refractivity contribution in [3.05, 3.63) is 0 Å². The van der Waals surface area contributed by atoms with Gasteiger partial charge in [0.15, 0.2) is 9.84 Å². The van der Waals surface area contributed by atoms with E-state index in [2.05, 4.69) is 0 Å². The minimum atomic E-state index is -3.30. The molecule has 0 aliphatic rings. The number of rotatable bonds is 5. The maximum absolute atomic E-state index is 10.8. The van der Waals surface area contributed by atoms with Crippen LogP contribution >= 0.6 is 11.6 Å². The molecule has 0 aromatic carbocycles. The third kappa shape index (κ3) is 6.12. The normalized spacial score (nSPS) is 11.4. The number of amides is 1. The van der Waals surface area contributed by atoms with Crippen molar-refractivity contribution in [1.29, 1.82) is 0 Å². The Balaban J connectivity index is 3.92. The molecule has 2 N–H and O–H groups in total. The molecule has 11 heavy (non-hydrogen) atoms. The molecule has 0 rings (SSSR count). The van der Waals surface area contributed by atoms with Crippen LogP contribution in [0, 0.1) is 0 Å². The minimum Gasteiger partial charge on any atom is -0.369 e. The first-order chi connectivity index (χ1) is 4.98. The molecule has 0 radical (unpaired) electrons. The third-order valence-corrected chi connectivity index (χ3v) is 2.85. The highest BCUT2D eigenvalue weighted by molar-refractivity contribution is 7.92. The van der Waals surface area contributed by atoms with E-state index in [9.17, 15) is 13.2 Å². The lowest BCUT2D eigenvalue weighted by molar-refractivity contribution is -0.115. The van der Waals surface area contributed by atoms with E-state index in [1.807, 2.05) is 0 Å². The van der Waals surface area contributed by atoms with Gasteiger partial charge in [-0.05, 0) is 6.42 Å². The van der Waals surface area contributed by atoms with Gasteiger partial charge in [0.05, 0.1) is 5.75 Å². The number of carbonyl (C=O) groups excluding carboxylic acids is 1. The number of hydrogen-bond donors (Lipinski definition) is 1. The molecule has 6 heteroatoms. The number of carbonyl (C=O) groups is 1. The molecule has 0 aliphatic heterocycles. The van der Waals surface area contributed by atoms with Gasteiger partial charge in [-0.2, -0.15) is 0 Å². The van der Waals surface area contributed by atoms with E-state index < -0.39 is 21.5 Å². The summed E-state index contributed by atoms with van der Waals surface area (Å²) >= 11 is 5.26. The largest absolute Gasteiger partial charge is 0.369 e. The van der Waals surface area contributed by atoms with Crippen molar-refractivity contribution < 1.29 is 13.2 Å². The van der Waals surface area contributed by atoms with Crippen LogP contribution in [0.15, 0.2) is 0 Å². The smallest absolute Gasteiger partial charge is 0.232 e. The van der Waals surface area contributed by atoms with Crippen LogP contribution in [-0.4, -0.2) is 31.7 Å². The van der Waals surface area contributed by atoms with Gasteiger partial charge in [-0.15, -0.1) is 11.6 Å². The molecule has 0 spiro atoms. The summed E-state index contributed by atoms with van der Waals surface area (Å²) in [6, 6.07) is 0. The van der Waals surface area contributed by atoms with E-state index in [-0.39, 0.29) is 11.6 Å². The summed E-state index contributed by atoms with van der Waals surface area (Å²) in [5.74, 6) is -1.19. The van der Waals surface area contributed by atoms with E-state index >= 15 is 0 Å². The van der Waals surface area contributed by atoms with Gasteiger partial charge in [0, 0.05) is 5.88 Å². The molecule has 0 fully saturated rings. The fourth-order valence-electron chi connectivity index (χ4n) is 0.563. The van der Waals surface area contributed by atoms with Crippen LogP contribution in [-0.2, 0) is 14.6 Å². The average Bonchev–Trinajstić information content (AvgIpc) is 1.81. The van der Waals surface area contributed by atoms with Gasteiger partial charge >= 0.3 is 0 Å². The van der Waals surface area contributed by atoms with Crippen LogP contribution in [0.3, 0.4) is 0 Å². The molecule has 0 aliphatic carbocycles. The molecule has 4 nitrogen and oxygen atoms in total.